The average Bonchev–Trinajstić information content (AvgIpc) is 2.39. The number of nitrogens with two attached hydrogens (primary N) is 1. The predicted octanol–water partition coefficient (Wildman–Crippen LogP) is 1.61. The number of nitrogens with zero attached hydrogens (tertiary/aromatic N) is 1. The fourth-order valence-electron chi connectivity index (χ4n) is 2.32. The molecule has 2 rings (SSSR count). The standard InChI is InChI=1S/C14H19BrN2O2/c1-14(16,10-2-4-11(15)5-3-10)13(19)17-8-6-12(18)7-9-17/h2-5,12,18H,6-9,16H2,1H3. The molecule has 0 radical (unpaired) electrons. The van der Waals surface area contributed by atoms with Crippen molar-refractivity contribution in [2.24, 2.45) is 5.73 Å². The highest BCUT2D eigenvalue weighted by Gasteiger charge is 2.35. The number of likely N-dealkylation sites (tertiary alicyclic amines) is 1. The molecule has 1 atom stereocenters. The Morgan fingerprint density at radius 2 is 1.89 bits per heavy atom. The summed E-state index contributed by atoms with van der Waals surface area (Å²) in [4.78, 5) is 14.3. The van der Waals surface area contributed by atoms with E-state index in [0.29, 0.717) is 25.9 Å². The van der Waals surface area contributed by atoms with E-state index in [-0.39, 0.29) is 12.0 Å². The Kier molecular flexibility index (Phi) is 4.28. The van der Waals surface area contributed by atoms with E-state index >= 15 is 0 Å². The third kappa shape index (κ3) is 3.16. The average molecular weight is 327 g/mol. The first-order valence-electron chi connectivity index (χ1n) is 6.43. The van der Waals surface area contributed by atoms with Gasteiger partial charge in [-0.1, -0.05) is 28.1 Å². The highest BCUT2D eigenvalue weighted by molar-refractivity contribution is 9.10. The van der Waals surface area contributed by atoms with Crippen molar-refractivity contribution in [3.05, 3.63) is 34.3 Å². The molecule has 5 heteroatoms. The van der Waals surface area contributed by atoms with Crippen LogP contribution in [-0.2, 0) is 10.3 Å². The van der Waals surface area contributed by atoms with Crippen molar-refractivity contribution < 1.29 is 9.90 Å². The topological polar surface area (TPSA) is 66.6 Å². The summed E-state index contributed by atoms with van der Waals surface area (Å²) in [7, 11) is 0. The van der Waals surface area contributed by atoms with Gasteiger partial charge in [0.2, 0.25) is 5.91 Å². The number of carbonyl (C=O) groups is 1. The molecule has 1 aliphatic heterocycles. The number of carbonyl (C=O) groups excluding carboxylic acids is 1. The summed E-state index contributed by atoms with van der Waals surface area (Å²) < 4.78 is 0.959. The van der Waals surface area contributed by atoms with Crippen LogP contribution in [0.25, 0.3) is 0 Å². The monoisotopic (exact) mass is 326 g/mol. The molecule has 0 saturated carbocycles. The number of hydrogen-bond acceptors (Lipinski definition) is 3. The van der Waals surface area contributed by atoms with Crippen LogP contribution in [0.15, 0.2) is 28.7 Å². The lowest BCUT2D eigenvalue weighted by Crippen LogP contribution is -2.53. The van der Waals surface area contributed by atoms with Gasteiger partial charge in [0.15, 0.2) is 0 Å². The molecule has 0 spiro atoms. The molecule has 1 aromatic carbocycles. The van der Waals surface area contributed by atoms with E-state index in [4.69, 9.17) is 5.73 Å². The molecule has 4 nitrogen and oxygen atoms in total. The van der Waals surface area contributed by atoms with Crippen molar-refractivity contribution in [1.29, 1.82) is 0 Å². The number of halogens is 1. The quantitative estimate of drug-likeness (QED) is 0.867. The van der Waals surface area contributed by atoms with Crippen LogP contribution in [0.3, 0.4) is 0 Å². The Hall–Kier alpha value is -0.910. The SMILES string of the molecule is CC(N)(C(=O)N1CCC(O)CC1)c1ccc(Br)cc1. The van der Waals surface area contributed by atoms with Crippen molar-refractivity contribution in [1.82, 2.24) is 4.90 Å². The maximum Gasteiger partial charge on any atom is 0.246 e. The zero-order valence-electron chi connectivity index (χ0n) is 11.0. The molecule has 1 aliphatic rings. The van der Waals surface area contributed by atoms with Crippen molar-refractivity contribution in [3.63, 3.8) is 0 Å². The van der Waals surface area contributed by atoms with E-state index in [2.05, 4.69) is 15.9 Å². The van der Waals surface area contributed by atoms with Crippen molar-refractivity contribution in [2.45, 2.75) is 31.4 Å². The third-order valence-corrected chi connectivity index (χ3v) is 4.17. The van der Waals surface area contributed by atoms with Crippen molar-refractivity contribution in [3.8, 4) is 0 Å². The minimum atomic E-state index is -1.02. The van der Waals surface area contributed by atoms with Gasteiger partial charge in [0.1, 0.15) is 5.54 Å². The Bertz CT molecular complexity index is 451. The fourth-order valence-corrected chi connectivity index (χ4v) is 2.58. The van der Waals surface area contributed by atoms with Crippen LogP contribution in [0.1, 0.15) is 25.3 Å². The van der Waals surface area contributed by atoms with Gasteiger partial charge in [-0.05, 0) is 37.5 Å². The minimum Gasteiger partial charge on any atom is -0.393 e. The van der Waals surface area contributed by atoms with E-state index < -0.39 is 5.54 Å². The number of rotatable bonds is 2. The lowest BCUT2D eigenvalue weighted by Gasteiger charge is -2.35. The summed E-state index contributed by atoms with van der Waals surface area (Å²) in [6.07, 6.45) is 0.963. The van der Waals surface area contributed by atoms with E-state index in [1.807, 2.05) is 24.3 Å². The molecule has 1 heterocycles. The summed E-state index contributed by atoms with van der Waals surface area (Å²) in [6.45, 7) is 2.89. The van der Waals surface area contributed by atoms with Gasteiger partial charge >= 0.3 is 0 Å². The van der Waals surface area contributed by atoms with E-state index in [1.54, 1.807) is 11.8 Å². The molecule has 3 N–H and O–H groups in total. The second kappa shape index (κ2) is 5.61. The second-order valence-electron chi connectivity index (χ2n) is 5.23. The highest BCUT2D eigenvalue weighted by Crippen LogP contribution is 2.24. The largest absolute Gasteiger partial charge is 0.393 e. The number of benzene rings is 1. The maximum atomic E-state index is 12.5. The van der Waals surface area contributed by atoms with Gasteiger partial charge in [-0.15, -0.1) is 0 Å². The Balaban J connectivity index is 2.14. The van der Waals surface area contributed by atoms with Crippen LogP contribution in [0.5, 0.6) is 0 Å². The number of aliphatic hydroxyl groups is 1. The maximum absolute atomic E-state index is 12.5. The molecule has 1 aromatic rings. The molecule has 19 heavy (non-hydrogen) atoms. The van der Waals surface area contributed by atoms with Crippen LogP contribution >= 0.6 is 15.9 Å². The molecule has 1 fully saturated rings. The smallest absolute Gasteiger partial charge is 0.246 e. The van der Waals surface area contributed by atoms with E-state index in [1.165, 1.54) is 0 Å². The number of piperidine rings is 1. The highest BCUT2D eigenvalue weighted by atomic mass is 79.9. The molecule has 0 bridgehead atoms. The molecule has 1 amide bonds. The van der Waals surface area contributed by atoms with Gasteiger partial charge in [-0.25, -0.2) is 0 Å². The van der Waals surface area contributed by atoms with Crippen LogP contribution in [0.4, 0.5) is 0 Å². The zero-order chi connectivity index (χ0) is 14.0. The van der Waals surface area contributed by atoms with Crippen LogP contribution < -0.4 is 5.73 Å². The van der Waals surface area contributed by atoms with Gasteiger partial charge in [-0.2, -0.15) is 0 Å². The molecule has 1 unspecified atom stereocenters. The molecule has 0 aromatic heterocycles. The predicted molar refractivity (Wildman–Crippen MR) is 77.5 cm³/mol. The summed E-state index contributed by atoms with van der Waals surface area (Å²) in [5, 5.41) is 9.48. The molecule has 104 valence electrons. The normalized spacial score (nSPS) is 20.1. The zero-order valence-corrected chi connectivity index (χ0v) is 12.6. The molecular formula is C14H19BrN2O2. The van der Waals surface area contributed by atoms with Gasteiger partial charge in [0, 0.05) is 17.6 Å². The van der Waals surface area contributed by atoms with E-state index in [0.717, 1.165) is 10.0 Å². The Morgan fingerprint density at radius 3 is 2.42 bits per heavy atom. The fraction of sp³-hybridized carbons (Fsp3) is 0.500. The number of hydrogen-bond donors (Lipinski definition) is 2. The number of aliphatic hydroxyl groups excluding tert-OH is 1. The van der Waals surface area contributed by atoms with Gasteiger partial charge in [-0.3, -0.25) is 4.79 Å². The minimum absolute atomic E-state index is 0.0817. The van der Waals surface area contributed by atoms with E-state index in [9.17, 15) is 9.90 Å². The van der Waals surface area contributed by atoms with Crippen LogP contribution in [0.2, 0.25) is 0 Å². The Morgan fingerprint density at radius 1 is 1.37 bits per heavy atom. The van der Waals surface area contributed by atoms with Gasteiger partial charge in [0.25, 0.3) is 0 Å². The first-order chi connectivity index (χ1) is 8.91. The Labute approximate surface area is 121 Å². The first kappa shape index (κ1) is 14.5. The molecule has 0 aliphatic carbocycles. The molecular weight excluding hydrogens is 308 g/mol. The lowest BCUT2D eigenvalue weighted by atomic mass is 9.90. The van der Waals surface area contributed by atoms with Crippen LogP contribution in [-0.4, -0.2) is 35.1 Å². The van der Waals surface area contributed by atoms with Crippen molar-refractivity contribution >= 4 is 21.8 Å². The number of amides is 1. The summed E-state index contributed by atoms with van der Waals surface area (Å²) in [6, 6.07) is 7.49. The second-order valence-corrected chi connectivity index (χ2v) is 6.15. The summed E-state index contributed by atoms with van der Waals surface area (Å²) in [5.41, 5.74) is 6.00. The third-order valence-electron chi connectivity index (χ3n) is 3.64. The van der Waals surface area contributed by atoms with Gasteiger partial charge in [0.05, 0.1) is 6.10 Å². The summed E-state index contributed by atoms with van der Waals surface area (Å²) >= 11 is 3.37. The van der Waals surface area contributed by atoms with Gasteiger partial charge < -0.3 is 15.7 Å². The van der Waals surface area contributed by atoms with Crippen LogP contribution in [0, 0.1) is 0 Å². The van der Waals surface area contributed by atoms with Crippen molar-refractivity contribution in [2.75, 3.05) is 13.1 Å². The molecule has 1 saturated heterocycles. The lowest BCUT2D eigenvalue weighted by molar-refractivity contribution is -0.138. The summed E-state index contributed by atoms with van der Waals surface area (Å²) in [5.74, 6) is -0.0817. The first-order valence-corrected chi connectivity index (χ1v) is 7.23.